The van der Waals surface area contributed by atoms with Crippen LogP contribution in [0.5, 0.6) is 0 Å². The summed E-state index contributed by atoms with van der Waals surface area (Å²) in [6, 6.07) is 4.68. The number of nitrogens with zero attached hydrogens (tertiary/aromatic N) is 2. The van der Waals surface area contributed by atoms with Crippen LogP contribution in [0.2, 0.25) is 5.02 Å². The first kappa shape index (κ1) is 12.8. The quantitative estimate of drug-likeness (QED) is 0.922. The van der Waals surface area contributed by atoms with Crippen molar-refractivity contribution in [2.24, 2.45) is 0 Å². The summed E-state index contributed by atoms with van der Waals surface area (Å²) in [5, 5.41) is 3.47. The van der Waals surface area contributed by atoms with Gasteiger partial charge in [-0.1, -0.05) is 17.7 Å². The highest BCUT2D eigenvalue weighted by Crippen LogP contribution is 2.19. The van der Waals surface area contributed by atoms with Crippen LogP contribution in [0.1, 0.15) is 11.1 Å². The monoisotopic (exact) mass is 265 g/mol. The predicted octanol–water partition coefficient (Wildman–Crippen LogP) is 3.23. The second-order valence-corrected chi connectivity index (χ2v) is 4.37. The Hall–Kier alpha value is -1.68. The third kappa shape index (κ3) is 3.17. The molecule has 1 N–H and O–H groups in total. The molecule has 3 nitrogen and oxygen atoms in total. The molecule has 0 spiro atoms. The van der Waals surface area contributed by atoms with Crippen molar-refractivity contribution in [2.75, 3.05) is 11.9 Å². The van der Waals surface area contributed by atoms with Gasteiger partial charge in [0.05, 0.1) is 0 Å². The Morgan fingerprint density at radius 3 is 2.67 bits per heavy atom. The molecule has 0 amide bonds. The first-order valence-electron chi connectivity index (χ1n) is 5.62. The van der Waals surface area contributed by atoms with E-state index in [9.17, 15) is 4.39 Å². The molecule has 2 aromatic rings. The van der Waals surface area contributed by atoms with Gasteiger partial charge in [-0.3, -0.25) is 0 Å². The van der Waals surface area contributed by atoms with Gasteiger partial charge in [-0.25, -0.2) is 14.4 Å². The van der Waals surface area contributed by atoms with Crippen LogP contribution in [0.25, 0.3) is 0 Å². The zero-order valence-corrected chi connectivity index (χ0v) is 10.7. The summed E-state index contributed by atoms with van der Waals surface area (Å²) in [7, 11) is 0. The molecule has 0 saturated carbocycles. The molecule has 1 aromatic carbocycles. The molecule has 5 heteroatoms. The minimum Gasteiger partial charge on any atom is -0.354 e. The standard InChI is InChI=1S/C13H13ClFN3/c1-9-7-17-13(18-8-9)16-6-5-10-11(14)3-2-4-12(10)15/h2-4,7-8H,5-6H2,1H3,(H,16,17,18). The third-order valence-corrected chi connectivity index (χ3v) is 2.85. The number of hydrogen-bond acceptors (Lipinski definition) is 3. The molecule has 0 unspecified atom stereocenters. The number of aryl methyl sites for hydroxylation is 1. The lowest BCUT2D eigenvalue weighted by Crippen LogP contribution is -2.09. The highest BCUT2D eigenvalue weighted by atomic mass is 35.5. The van der Waals surface area contributed by atoms with E-state index in [0.717, 1.165) is 5.56 Å². The van der Waals surface area contributed by atoms with Gasteiger partial charge in [0.2, 0.25) is 5.95 Å². The van der Waals surface area contributed by atoms with Gasteiger partial charge in [-0.2, -0.15) is 0 Å². The molecule has 0 radical (unpaired) electrons. The van der Waals surface area contributed by atoms with Crippen molar-refractivity contribution in [1.82, 2.24) is 9.97 Å². The molecule has 2 rings (SSSR count). The molecule has 1 heterocycles. The van der Waals surface area contributed by atoms with Crippen molar-refractivity contribution < 1.29 is 4.39 Å². The normalized spacial score (nSPS) is 10.4. The number of rotatable bonds is 4. The smallest absolute Gasteiger partial charge is 0.222 e. The minimum atomic E-state index is -0.283. The van der Waals surface area contributed by atoms with Gasteiger partial charge >= 0.3 is 0 Å². The number of benzene rings is 1. The lowest BCUT2D eigenvalue weighted by molar-refractivity contribution is 0.610. The molecule has 18 heavy (non-hydrogen) atoms. The van der Waals surface area contributed by atoms with E-state index in [-0.39, 0.29) is 5.82 Å². The van der Waals surface area contributed by atoms with Crippen LogP contribution in [0, 0.1) is 12.7 Å². The number of halogens is 2. The average molecular weight is 266 g/mol. The van der Waals surface area contributed by atoms with Crippen molar-refractivity contribution in [3.8, 4) is 0 Å². The molecule has 0 fully saturated rings. The summed E-state index contributed by atoms with van der Waals surface area (Å²) in [5.41, 5.74) is 1.51. The van der Waals surface area contributed by atoms with E-state index in [1.54, 1.807) is 24.5 Å². The predicted molar refractivity (Wildman–Crippen MR) is 70.4 cm³/mol. The molecule has 0 aliphatic heterocycles. The van der Waals surface area contributed by atoms with Crippen molar-refractivity contribution in [1.29, 1.82) is 0 Å². The highest BCUT2D eigenvalue weighted by molar-refractivity contribution is 6.31. The third-order valence-electron chi connectivity index (χ3n) is 2.50. The van der Waals surface area contributed by atoms with Crippen molar-refractivity contribution in [3.05, 3.63) is 52.6 Å². The summed E-state index contributed by atoms with van der Waals surface area (Å²) in [5.74, 6) is 0.252. The maximum atomic E-state index is 13.5. The van der Waals surface area contributed by atoms with Crippen molar-refractivity contribution >= 4 is 17.5 Å². The fraction of sp³-hybridized carbons (Fsp3) is 0.231. The van der Waals surface area contributed by atoms with Gasteiger partial charge in [0.25, 0.3) is 0 Å². The summed E-state index contributed by atoms with van der Waals surface area (Å²) >= 11 is 5.93. The van der Waals surface area contributed by atoms with Crippen LogP contribution in [-0.4, -0.2) is 16.5 Å². The van der Waals surface area contributed by atoms with Gasteiger partial charge in [0.15, 0.2) is 0 Å². The Kier molecular flexibility index (Phi) is 4.10. The van der Waals surface area contributed by atoms with E-state index in [2.05, 4.69) is 15.3 Å². The lowest BCUT2D eigenvalue weighted by atomic mass is 10.1. The van der Waals surface area contributed by atoms with E-state index in [1.807, 2.05) is 6.92 Å². The molecule has 0 atom stereocenters. The maximum Gasteiger partial charge on any atom is 0.222 e. The van der Waals surface area contributed by atoms with E-state index in [4.69, 9.17) is 11.6 Å². The van der Waals surface area contributed by atoms with Gasteiger partial charge < -0.3 is 5.32 Å². The van der Waals surface area contributed by atoms with E-state index >= 15 is 0 Å². The summed E-state index contributed by atoms with van der Waals surface area (Å²) < 4.78 is 13.5. The van der Waals surface area contributed by atoms with Crippen molar-refractivity contribution in [3.63, 3.8) is 0 Å². The largest absolute Gasteiger partial charge is 0.354 e. The molecule has 0 aliphatic rings. The van der Waals surface area contributed by atoms with E-state index in [0.29, 0.717) is 29.5 Å². The van der Waals surface area contributed by atoms with Crippen LogP contribution in [0.3, 0.4) is 0 Å². The van der Waals surface area contributed by atoms with E-state index in [1.165, 1.54) is 6.07 Å². The zero-order valence-electron chi connectivity index (χ0n) is 9.95. The summed E-state index contributed by atoms with van der Waals surface area (Å²) in [6.45, 7) is 2.45. The van der Waals surface area contributed by atoms with Crippen LogP contribution in [-0.2, 0) is 6.42 Å². The maximum absolute atomic E-state index is 13.5. The molecule has 0 saturated heterocycles. The number of anilines is 1. The number of hydrogen-bond donors (Lipinski definition) is 1. The van der Waals surface area contributed by atoms with Crippen molar-refractivity contribution in [2.45, 2.75) is 13.3 Å². The second kappa shape index (κ2) is 5.78. The first-order chi connectivity index (χ1) is 8.66. The molecule has 0 aliphatic carbocycles. The van der Waals surface area contributed by atoms with Gasteiger partial charge in [-0.05, 0) is 31.0 Å². The fourth-order valence-electron chi connectivity index (χ4n) is 1.55. The molecule has 94 valence electrons. The fourth-order valence-corrected chi connectivity index (χ4v) is 1.81. The lowest BCUT2D eigenvalue weighted by Gasteiger charge is -2.07. The second-order valence-electron chi connectivity index (χ2n) is 3.96. The molecular weight excluding hydrogens is 253 g/mol. The average Bonchev–Trinajstić information content (AvgIpc) is 2.35. The molecular formula is C13H13ClFN3. The zero-order chi connectivity index (χ0) is 13.0. The number of nitrogens with one attached hydrogen (secondary N) is 1. The first-order valence-corrected chi connectivity index (χ1v) is 6.00. The molecule has 0 bridgehead atoms. The highest BCUT2D eigenvalue weighted by Gasteiger charge is 2.06. The number of aromatic nitrogens is 2. The van der Waals surface area contributed by atoms with Crippen LogP contribution in [0.4, 0.5) is 10.3 Å². The SMILES string of the molecule is Cc1cnc(NCCc2c(F)cccc2Cl)nc1. The van der Waals surface area contributed by atoms with Crippen LogP contribution in [0.15, 0.2) is 30.6 Å². The molecule has 1 aromatic heterocycles. The minimum absolute atomic E-state index is 0.283. The summed E-state index contributed by atoms with van der Waals surface area (Å²) in [4.78, 5) is 8.21. The summed E-state index contributed by atoms with van der Waals surface area (Å²) in [6.07, 6.45) is 3.94. The topological polar surface area (TPSA) is 37.8 Å². The Morgan fingerprint density at radius 2 is 2.00 bits per heavy atom. The van der Waals surface area contributed by atoms with Gasteiger partial charge in [0, 0.05) is 29.5 Å². The Morgan fingerprint density at radius 1 is 1.28 bits per heavy atom. The van der Waals surface area contributed by atoms with Crippen LogP contribution >= 0.6 is 11.6 Å². The Balaban J connectivity index is 1.94. The van der Waals surface area contributed by atoms with Gasteiger partial charge in [0.1, 0.15) is 5.82 Å². The van der Waals surface area contributed by atoms with Crippen LogP contribution < -0.4 is 5.32 Å². The Labute approximate surface area is 110 Å². The Bertz CT molecular complexity index is 508. The van der Waals surface area contributed by atoms with Gasteiger partial charge in [-0.15, -0.1) is 0 Å². The van der Waals surface area contributed by atoms with E-state index < -0.39 is 0 Å².